The number of esters is 2. The van der Waals surface area contributed by atoms with Gasteiger partial charge in [0, 0.05) is 13.3 Å². The molecule has 1 aliphatic carbocycles. The van der Waals surface area contributed by atoms with E-state index in [1.807, 2.05) is 30.3 Å². The summed E-state index contributed by atoms with van der Waals surface area (Å²) in [6.45, 7) is 1.85. The molecule has 0 radical (unpaired) electrons. The van der Waals surface area contributed by atoms with Crippen LogP contribution in [0.15, 0.2) is 30.3 Å². The second kappa shape index (κ2) is 7.94. The van der Waals surface area contributed by atoms with Crippen LogP contribution in [0.3, 0.4) is 0 Å². The van der Waals surface area contributed by atoms with Crippen molar-refractivity contribution in [3.05, 3.63) is 35.9 Å². The van der Waals surface area contributed by atoms with Crippen LogP contribution < -0.4 is 0 Å². The molecule has 1 saturated carbocycles. The summed E-state index contributed by atoms with van der Waals surface area (Å²) >= 11 is 0. The average molecular weight is 306 g/mol. The van der Waals surface area contributed by atoms with E-state index in [9.17, 15) is 9.59 Å². The van der Waals surface area contributed by atoms with Gasteiger partial charge in [-0.05, 0) is 18.4 Å². The lowest BCUT2D eigenvalue weighted by Crippen LogP contribution is -2.37. The Labute approximate surface area is 130 Å². The van der Waals surface area contributed by atoms with Crippen LogP contribution in [0.2, 0.25) is 0 Å². The van der Waals surface area contributed by atoms with Crippen LogP contribution in [0.4, 0.5) is 0 Å². The van der Waals surface area contributed by atoms with E-state index in [1.165, 1.54) is 14.0 Å². The van der Waals surface area contributed by atoms with Crippen LogP contribution in [0.5, 0.6) is 0 Å². The fourth-order valence-electron chi connectivity index (χ4n) is 2.83. The fourth-order valence-corrected chi connectivity index (χ4v) is 2.83. The zero-order valence-electron chi connectivity index (χ0n) is 13.0. The van der Waals surface area contributed by atoms with Gasteiger partial charge in [-0.1, -0.05) is 30.3 Å². The Balaban J connectivity index is 1.95. The Morgan fingerprint density at radius 1 is 1.09 bits per heavy atom. The first-order chi connectivity index (χ1) is 10.6. The Morgan fingerprint density at radius 2 is 1.77 bits per heavy atom. The molecule has 1 fully saturated rings. The molecule has 5 nitrogen and oxygen atoms in total. The van der Waals surface area contributed by atoms with Gasteiger partial charge < -0.3 is 14.2 Å². The molecule has 1 aromatic carbocycles. The van der Waals surface area contributed by atoms with E-state index in [1.54, 1.807) is 0 Å². The molecule has 1 aromatic rings. The standard InChI is InChI=1S/C17H22O5/c1-12(18)22-16-9-14(17(19)20-2)8-15(10-16)21-11-13-6-4-3-5-7-13/h3-7,14-16H,8-11H2,1-2H3/t14-,15+,16+/m1/s1. The van der Waals surface area contributed by atoms with Crippen molar-refractivity contribution in [3.63, 3.8) is 0 Å². The lowest BCUT2D eigenvalue weighted by Gasteiger charge is -2.33. The molecule has 0 bridgehead atoms. The van der Waals surface area contributed by atoms with E-state index < -0.39 is 0 Å². The van der Waals surface area contributed by atoms with Gasteiger partial charge in [-0.2, -0.15) is 0 Å². The second-order valence-corrected chi connectivity index (χ2v) is 5.58. The van der Waals surface area contributed by atoms with Crippen LogP contribution >= 0.6 is 0 Å². The molecule has 0 aromatic heterocycles. The van der Waals surface area contributed by atoms with Crippen molar-refractivity contribution < 1.29 is 23.8 Å². The summed E-state index contributed by atoms with van der Waals surface area (Å²) in [7, 11) is 1.37. The van der Waals surface area contributed by atoms with Crippen LogP contribution in [0.25, 0.3) is 0 Å². The number of carbonyl (C=O) groups is 2. The molecule has 0 N–H and O–H groups in total. The number of benzene rings is 1. The predicted molar refractivity (Wildman–Crippen MR) is 79.9 cm³/mol. The molecule has 2 rings (SSSR count). The quantitative estimate of drug-likeness (QED) is 0.782. The highest BCUT2D eigenvalue weighted by atomic mass is 16.5. The third-order valence-corrected chi connectivity index (χ3v) is 3.82. The third kappa shape index (κ3) is 4.84. The van der Waals surface area contributed by atoms with E-state index in [2.05, 4.69) is 0 Å². The molecule has 0 unspecified atom stereocenters. The van der Waals surface area contributed by atoms with Gasteiger partial charge in [0.2, 0.25) is 0 Å². The first kappa shape index (κ1) is 16.5. The van der Waals surface area contributed by atoms with Crippen LogP contribution in [-0.2, 0) is 30.4 Å². The Bertz CT molecular complexity index is 499. The van der Waals surface area contributed by atoms with Crippen LogP contribution in [-0.4, -0.2) is 31.3 Å². The lowest BCUT2D eigenvalue weighted by atomic mass is 9.85. The zero-order valence-corrected chi connectivity index (χ0v) is 13.0. The number of carbonyl (C=O) groups excluding carboxylic acids is 2. The van der Waals surface area contributed by atoms with Crippen LogP contribution in [0.1, 0.15) is 31.7 Å². The molecule has 1 aliphatic rings. The largest absolute Gasteiger partial charge is 0.469 e. The first-order valence-corrected chi connectivity index (χ1v) is 7.49. The molecule has 22 heavy (non-hydrogen) atoms. The minimum absolute atomic E-state index is 0.123. The van der Waals surface area contributed by atoms with Crippen molar-refractivity contribution in [2.24, 2.45) is 5.92 Å². The average Bonchev–Trinajstić information content (AvgIpc) is 2.52. The van der Waals surface area contributed by atoms with Crippen LogP contribution in [0, 0.1) is 5.92 Å². The molecule has 0 heterocycles. The van der Waals surface area contributed by atoms with Gasteiger partial charge in [-0.15, -0.1) is 0 Å². The highest BCUT2D eigenvalue weighted by Crippen LogP contribution is 2.30. The molecular formula is C17H22O5. The molecule has 0 amide bonds. The molecule has 3 atom stereocenters. The Morgan fingerprint density at radius 3 is 2.41 bits per heavy atom. The van der Waals surface area contributed by atoms with Crippen molar-refractivity contribution in [1.29, 1.82) is 0 Å². The zero-order chi connectivity index (χ0) is 15.9. The minimum Gasteiger partial charge on any atom is -0.469 e. The van der Waals surface area contributed by atoms with Gasteiger partial charge in [0.05, 0.1) is 25.7 Å². The van der Waals surface area contributed by atoms with Gasteiger partial charge in [0.15, 0.2) is 0 Å². The monoisotopic (exact) mass is 306 g/mol. The highest BCUT2D eigenvalue weighted by Gasteiger charge is 2.35. The Hall–Kier alpha value is -1.88. The Kier molecular flexibility index (Phi) is 5.95. The van der Waals surface area contributed by atoms with Crippen molar-refractivity contribution >= 4 is 11.9 Å². The smallest absolute Gasteiger partial charge is 0.308 e. The number of methoxy groups -OCH3 is 1. The summed E-state index contributed by atoms with van der Waals surface area (Å²) in [6, 6.07) is 9.85. The van der Waals surface area contributed by atoms with Crippen molar-refractivity contribution in [2.45, 2.75) is 45.0 Å². The summed E-state index contributed by atoms with van der Waals surface area (Å²) in [5.74, 6) is -0.897. The molecular weight excluding hydrogens is 284 g/mol. The first-order valence-electron chi connectivity index (χ1n) is 7.49. The summed E-state index contributed by atoms with van der Waals surface area (Å²) < 4.78 is 16.0. The van der Waals surface area contributed by atoms with E-state index in [0.717, 1.165) is 5.56 Å². The number of hydrogen-bond donors (Lipinski definition) is 0. The highest BCUT2D eigenvalue weighted by molar-refractivity contribution is 5.72. The topological polar surface area (TPSA) is 61.8 Å². The third-order valence-electron chi connectivity index (χ3n) is 3.82. The maximum Gasteiger partial charge on any atom is 0.308 e. The minimum atomic E-state index is -0.336. The molecule has 0 spiro atoms. The summed E-state index contributed by atoms with van der Waals surface area (Å²) in [6.07, 6.45) is 1.28. The molecule has 5 heteroatoms. The van der Waals surface area contributed by atoms with E-state index in [0.29, 0.717) is 25.9 Å². The van der Waals surface area contributed by atoms with Gasteiger partial charge >= 0.3 is 11.9 Å². The number of ether oxygens (including phenoxy) is 3. The van der Waals surface area contributed by atoms with Crippen molar-refractivity contribution in [3.8, 4) is 0 Å². The van der Waals surface area contributed by atoms with Gasteiger partial charge in [-0.25, -0.2) is 0 Å². The fraction of sp³-hybridized carbons (Fsp3) is 0.529. The number of rotatable bonds is 5. The maximum absolute atomic E-state index is 11.8. The second-order valence-electron chi connectivity index (χ2n) is 5.58. The van der Waals surface area contributed by atoms with Crippen molar-refractivity contribution in [1.82, 2.24) is 0 Å². The van der Waals surface area contributed by atoms with Gasteiger partial charge in [-0.3, -0.25) is 9.59 Å². The van der Waals surface area contributed by atoms with E-state index in [-0.39, 0.29) is 30.1 Å². The van der Waals surface area contributed by atoms with Gasteiger partial charge in [0.25, 0.3) is 0 Å². The molecule has 0 saturated heterocycles. The molecule has 120 valence electrons. The van der Waals surface area contributed by atoms with E-state index in [4.69, 9.17) is 14.2 Å². The van der Waals surface area contributed by atoms with Gasteiger partial charge in [0.1, 0.15) is 6.10 Å². The maximum atomic E-state index is 11.8. The SMILES string of the molecule is COC(=O)[C@@H]1C[C@H](OCc2ccccc2)C[C@@H](OC(C)=O)C1. The predicted octanol–water partition coefficient (Wildman–Crippen LogP) is 2.48. The summed E-state index contributed by atoms with van der Waals surface area (Å²) in [5.41, 5.74) is 1.08. The molecule has 0 aliphatic heterocycles. The summed E-state index contributed by atoms with van der Waals surface area (Å²) in [5, 5.41) is 0. The summed E-state index contributed by atoms with van der Waals surface area (Å²) in [4.78, 5) is 23.0. The normalized spacial score (nSPS) is 24.5. The van der Waals surface area contributed by atoms with E-state index >= 15 is 0 Å². The lowest BCUT2D eigenvalue weighted by molar-refractivity contribution is -0.161. The number of hydrogen-bond acceptors (Lipinski definition) is 5. The van der Waals surface area contributed by atoms with Crippen molar-refractivity contribution in [2.75, 3.05) is 7.11 Å².